The number of carbonyl (C=O) groups is 1. The van der Waals surface area contributed by atoms with Gasteiger partial charge in [-0.15, -0.1) is 0 Å². The first-order valence-electron chi connectivity index (χ1n) is 7.26. The van der Waals surface area contributed by atoms with Crippen LogP contribution in [0.5, 0.6) is 23.0 Å². The Kier molecular flexibility index (Phi) is 4.76. The molecule has 1 aromatic heterocycles. The van der Waals surface area contributed by atoms with Gasteiger partial charge in [0, 0.05) is 11.6 Å². The molecule has 3 rings (SSSR count). The molecule has 0 saturated carbocycles. The summed E-state index contributed by atoms with van der Waals surface area (Å²) in [5, 5.41) is 10.9. The Morgan fingerprint density at radius 1 is 1.04 bits per heavy atom. The molecule has 2 aromatic carbocycles. The number of halogens is 1. The number of benzene rings is 2. The number of rotatable bonds is 5. The highest BCUT2D eigenvalue weighted by molar-refractivity contribution is 14.1. The Morgan fingerprint density at radius 3 is 2.24 bits per heavy atom. The van der Waals surface area contributed by atoms with Gasteiger partial charge < -0.3 is 23.7 Å². The number of aromatic hydroxyl groups is 1. The summed E-state index contributed by atoms with van der Waals surface area (Å²) in [6.07, 6.45) is 0. The largest absolute Gasteiger partial charge is 0.504 e. The zero-order chi connectivity index (χ0) is 18.1. The molecule has 25 heavy (non-hydrogen) atoms. The lowest BCUT2D eigenvalue weighted by Crippen LogP contribution is -1.99. The van der Waals surface area contributed by atoms with Crippen molar-refractivity contribution in [3.05, 3.63) is 45.2 Å². The summed E-state index contributed by atoms with van der Waals surface area (Å²) in [5.74, 6) is 0.682. The van der Waals surface area contributed by atoms with Crippen molar-refractivity contribution in [1.29, 1.82) is 0 Å². The number of carbonyl (C=O) groups excluding carboxylic acids is 1. The van der Waals surface area contributed by atoms with E-state index < -0.39 is 5.78 Å². The van der Waals surface area contributed by atoms with Gasteiger partial charge in [0.25, 0.3) is 0 Å². The van der Waals surface area contributed by atoms with Crippen molar-refractivity contribution in [2.75, 3.05) is 21.3 Å². The monoisotopic (exact) mass is 454 g/mol. The molecule has 0 aliphatic heterocycles. The zero-order valence-corrected chi connectivity index (χ0v) is 15.9. The average molecular weight is 454 g/mol. The summed E-state index contributed by atoms with van der Waals surface area (Å²) in [6.45, 7) is 0. The molecule has 0 amide bonds. The van der Waals surface area contributed by atoms with E-state index in [1.54, 1.807) is 37.4 Å². The average Bonchev–Trinajstić information content (AvgIpc) is 3.00. The predicted molar refractivity (Wildman–Crippen MR) is 100 cm³/mol. The SMILES string of the molecule is COc1ccc(C(=O)c2oc3c(I)c(OC)cc(OC)c3c2O)cc1. The number of ketones is 1. The minimum atomic E-state index is -0.437. The van der Waals surface area contributed by atoms with E-state index in [1.807, 2.05) is 22.6 Å². The molecule has 3 aromatic rings. The quantitative estimate of drug-likeness (QED) is 0.464. The van der Waals surface area contributed by atoms with Gasteiger partial charge in [-0.1, -0.05) is 0 Å². The van der Waals surface area contributed by atoms with Gasteiger partial charge >= 0.3 is 0 Å². The van der Waals surface area contributed by atoms with Gasteiger partial charge in [0.2, 0.25) is 11.5 Å². The predicted octanol–water partition coefficient (Wildman–Crippen LogP) is 4.00. The number of fused-ring (bicyclic) bond motifs is 1. The fraction of sp³-hybridized carbons (Fsp3) is 0.167. The molecule has 0 atom stereocenters. The Morgan fingerprint density at radius 2 is 1.68 bits per heavy atom. The van der Waals surface area contributed by atoms with E-state index in [0.29, 0.717) is 37.4 Å². The molecule has 0 bridgehead atoms. The molecule has 0 aliphatic carbocycles. The van der Waals surface area contributed by atoms with E-state index in [1.165, 1.54) is 14.2 Å². The highest BCUT2D eigenvalue weighted by Gasteiger charge is 2.27. The second-order valence-electron chi connectivity index (χ2n) is 5.14. The van der Waals surface area contributed by atoms with Crippen LogP contribution in [0.2, 0.25) is 0 Å². The lowest BCUT2D eigenvalue weighted by molar-refractivity contribution is 0.101. The van der Waals surface area contributed by atoms with Gasteiger partial charge in [-0.05, 0) is 46.9 Å². The maximum Gasteiger partial charge on any atom is 0.232 e. The third-order valence-electron chi connectivity index (χ3n) is 3.81. The number of furan rings is 1. The van der Waals surface area contributed by atoms with Crippen molar-refractivity contribution in [1.82, 2.24) is 0 Å². The molecule has 0 aliphatic rings. The molecular formula is C18H15IO6. The van der Waals surface area contributed by atoms with Crippen LogP contribution < -0.4 is 14.2 Å². The first-order chi connectivity index (χ1) is 12.0. The summed E-state index contributed by atoms with van der Waals surface area (Å²) in [7, 11) is 4.54. The van der Waals surface area contributed by atoms with E-state index in [-0.39, 0.29) is 11.5 Å². The lowest BCUT2D eigenvalue weighted by atomic mass is 10.1. The van der Waals surface area contributed by atoms with Crippen molar-refractivity contribution >= 4 is 39.3 Å². The smallest absolute Gasteiger partial charge is 0.232 e. The Balaban J connectivity index is 2.17. The number of ether oxygens (including phenoxy) is 3. The van der Waals surface area contributed by atoms with E-state index in [4.69, 9.17) is 18.6 Å². The minimum absolute atomic E-state index is 0.148. The second-order valence-corrected chi connectivity index (χ2v) is 6.22. The normalized spacial score (nSPS) is 10.7. The molecule has 0 radical (unpaired) electrons. The fourth-order valence-corrected chi connectivity index (χ4v) is 3.26. The Labute approximate surface area is 157 Å². The number of hydrogen-bond donors (Lipinski definition) is 1. The van der Waals surface area contributed by atoms with Crippen molar-refractivity contribution in [3.8, 4) is 23.0 Å². The van der Waals surface area contributed by atoms with Crippen LogP contribution in [0.3, 0.4) is 0 Å². The van der Waals surface area contributed by atoms with Crippen LogP contribution in [0.25, 0.3) is 11.0 Å². The molecule has 1 N–H and O–H groups in total. The zero-order valence-electron chi connectivity index (χ0n) is 13.8. The van der Waals surface area contributed by atoms with Crippen molar-refractivity contribution in [2.24, 2.45) is 0 Å². The van der Waals surface area contributed by atoms with E-state index >= 15 is 0 Å². The summed E-state index contributed by atoms with van der Waals surface area (Å²) >= 11 is 2.04. The highest BCUT2D eigenvalue weighted by Crippen LogP contribution is 2.45. The van der Waals surface area contributed by atoms with Crippen LogP contribution in [0, 0.1) is 3.57 Å². The van der Waals surface area contributed by atoms with Gasteiger partial charge in [-0.25, -0.2) is 0 Å². The topological polar surface area (TPSA) is 78.1 Å². The van der Waals surface area contributed by atoms with Gasteiger partial charge in [0.15, 0.2) is 11.3 Å². The molecule has 130 valence electrons. The second kappa shape index (κ2) is 6.83. The molecule has 0 spiro atoms. The third kappa shape index (κ3) is 2.88. The summed E-state index contributed by atoms with van der Waals surface area (Å²) in [4.78, 5) is 12.7. The molecule has 0 fully saturated rings. The fourth-order valence-electron chi connectivity index (χ4n) is 2.51. The van der Waals surface area contributed by atoms with Crippen molar-refractivity contribution < 1.29 is 28.5 Å². The molecular weight excluding hydrogens is 439 g/mol. The maximum absolute atomic E-state index is 12.7. The Hall–Kier alpha value is -2.42. The van der Waals surface area contributed by atoms with Gasteiger partial charge in [0.1, 0.15) is 22.6 Å². The third-order valence-corrected chi connectivity index (χ3v) is 4.83. The minimum Gasteiger partial charge on any atom is -0.504 e. The lowest BCUT2D eigenvalue weighted by Gasteiger charge is -2.07. The number of methoxy groups -OCH3 is 3. The van der Waals surface area contributed by atoms with Crippen LogP contribution in [-0.2, 0) is 0 Å². The number of hydrogen-bond acceptors (Lipinski definition) is 6. The molecule has 6 nitrogen and oxygen atoms in total. The van der Waals surface area contributed by atoms with E-state index in [0.717, 1.165) is 0 Å². The molecule has 0 unspecified atom stereocenters. The summed E-state index contributed by atoms with van der Waals surface area (Å²) < 4.78 is 22.0. The van der Waals surface area contributed by atoms with E-state index in [9.17, 15) is 9.90 Å². The van der Waals surface area contributed by atoms with E-state index in [2.05, 4.69) is 0 Å². The molecule has 1 heterocycles. The van der Waals surface area contributed by atoms with Crippen molar-refractivity contribution in [2.45, 2.75) is 0 Å². The van der Waals surface area contributed by atoms with Crippen molar-refractivity contribution in [3.63, 3.8) is 0 Å². The summed E-state index contributed by atoms with van der Waals surface area (Å²) in [6, 6.07) is 8.19. The maximum atomic E-state index is 12.7. The van der Waals surface area contributed by atoms with Gasteiger partial charge in [0.05, 0.1) is 24.9 Å². The van der Waals surface area contributed by atoms with Crippen LogP contribution in [-0.4, -0.2) is 32.2 Å². The van der Waals surface area contributed by atoms with Crippen LogP contribution in [0.1, 0.15) is 16.1 Å². The van der Waals surface area contributed by atoms with Crippen LogP contribution in [0.4, 0.5) is 0 Å². The molecule has 7 heteroatoms. The standard InChI is InChI=1S/C18H15IO6/c1-22-10-6-4-9(5-7-10)15(20)18-16(21)13-11(23-2)8-12(24-3)14(19)17(13)25-18/h4-8,21H,1-3H3. The first kappa shape index (κ1) is 17.4. The summed E-state index contributed by atoms with van der Waals surface area (Å²) in [5.41, 5.74) is 0.710. The van der Waals surface area contributed by atoms with Crippen LogP contribution in [0.15, 0.2) is 34.7 Å². The highest BCUT2D eigenvalue weighted by atomic mass is 127. The van der Waals surface area contributed by atoms with Gasteiger partial charge in [-0.2, -0.15) is 0 Å². The van der Waals surface area contributed by atoms with Gasteiger partial charge in [-0.3, -0.25) is 4.79 Å². The Bertz CT molecular complexity index is 943. The van der Waals surface area contributed by atoms with Crippen LogP contribution >= 0.6 is 22.6 Å². The first-order valence-corrected chi connectivity index (χ1v) is 8.34. The molecule has 0 saturated heterocycles.